The van der Waals surface area contributed by atoms with Crippen LogP contribution in [0, 0.1) is 13.8 Å². The van der Waals surface area contributed by atoms with Gasteiger partial charge in [0, 0.05) is 0 Å². The van der Waals surface area contributed by atoms with E-state index in [1.54, 1.807) is 12.1 Å². The van der Waals surface area contributed by atoms with Gasteiger partial charge in [-0.2, -0.15) is 0 Å². The molecule has 3 rings (SSSR count). The molecule has 0 spiro atoms. The van der Waals surface area contributed by atoms with Crippen LogP contribution in [-0.2, 0) is 0 Å². The van der Waals surface area contributed by atoms with Gasteiger partial charge in [0.1, 0.15) is 5.75 Å². The van der Waals surface area contributed by atoms with Crippen molar-refractivity contribution >= 4 is 23.8 Å². The molecule has 0 radical (unpaired) electrons. The highest BCUT2D eigenvalue weighted by Gasteiger charge is 2.16. The van der Waals surface area contributed by atoms with Gasteiger partial charge in [-0.15, -0.1) is 0 Å². The van der Waals surface area contributed by atoms with E-state index >= 15 is 0 Å². The molecule has 0 bridgehead atoms. The van der Waals surface area contributed by atoms with Crippen LogP contribution in [0.1, 0.15) is 11.1 Å². The third-order valence-electron chi connectivity index (χ3n) is 3.63. The molecule has 3 aromatic rings. The van der Waals surface area contributed by atoms with Crippen molar-refractivity contribution in [3.8, 4) is 5.75 Å². The van der Waals surface area contributed by atoms with E-state index in [9.17, 15) is 5.11 Å². The van der Waals surface area contributed by atoms with Gasteiger partial charge in [-0.3, -0.25) is 0 Å². The van der Waals surface area contributed by atoms with Gasteiger partial charge in [0.15, 0.2) is 0 Å². The highest BCUT2D eigenvalue weighted by atomic mass is 31.1. The summed E-state index contributed by atoms with van der Waals surface area (Å²) in [6.07, 6.45) is 0. The maximum absolute atomic E-state index is 9.58. The largest absolute Gasteiger partial charge is 0.508 e. The lowest BCUT2D eigenvalue weighted by atomic mass is 10.2. The van der Waals surface area contributed by atoms with Crippen molar-refractivity contribution in [1.29, 1.82) is 0 Å². The molecule has 0 heterocycles. The van der Waals surface area contributed by atoms with E-state index in [4.69, 9.17) is 0 Å². The first-order chi connectivity index (χ1) is 10.6. The SMILES string of the molecule is Cc1cccc(P(c2ccc(O)cc2)c2cccc(C)c2)c1. The minimum Gasteiger partial charge on any atom is -0.508 e. The Balaban J connectivity index is 2.15. The van der Waals surface area contributed by atoms with E-state index in [1.165, 1.54) is 27.0 Å². The van der Waals surface area contributed by atoms with Crippen LogP contribution >= 0.6 is 7.92 Å². The van der Waals surface area contributed by atoms with Crippen LogP contribution in [0.5, 0.6) is 5.75 Å². The fourth-order valence-corrected chi connectivity index (χ4v) is 5.06. The van der Waals surface area contributed by atoms with Crippen molar-refractivity contribution in [2.45, 2.75) is 13.8 Å². The van der Waals surface area contributed by atoms with E-state index in [-0.39, 0.29) is 0 Å². The Morgan fingerprint density at radius 3 is 1.59 bits per heavy atom. The summed E-state index contributed by atoms with van der Waals surface area (Å²) in [6, 6.07) is 25.0. The van der Waals surface area contributed by atoms with Crippen molar-refractivity contribution < 1.29 is 5.11 Å². The highest BCUT2D eigenvalue weighted by Crippen LogP contribution is 2.33. The minimum absolute atomic E-state index is 0.312. The Morgan fingerprint density at radius 2 is 1.14 bits per heavy atom. The van der Waals surface area contributed by atoms with Crippen LogP contribution < -0.4 is 15.9 Å². The van der Waals surface area contributed by atoms with Crippen LogP contribution in [0.25, 0.3) is 0 Å². The van der Waals surface area contributed by atoms with Gasteiger partial charge in [-0.25, -0.2) is 0 Å². The Morgan fingerprint density at radius 1 is 0.636 bits per heavy atom. The molecule has 2 heteroatoms. The molecule has 0 aliphatic heterocycles. The fraction of sp³-hybridized carbons (Fsp3) is 0.100. The predicted molar refractivity (Wildman–Crippen MR) is 96.3 cm³/mol. The van der Waals surface area contributed by atoms with Crippen molar-refractivity contribution in [3.63, 3.8) is 0 Å². The molecule has 3 aromatic carbocycles. The number of hydrogen-bond acceptors (Lipinski definition) is 1. The summed E-state index contributed by atoms with van der Waals surface area (Å²) in [5.74, 6) is 0.312. The van der Waals surface area contributed by atoms with E-state index in [2.05, 4.69) is 62.4 Å². The quantitative estimate of drug-likeness (QED) is 0.730. The summed E-state index contributed by atoms with van der Waals surface area (Å²) in [4.78, 5) is 0. The molecule has 22 heavy (non-hydrogen) atoms. The molecule has 110 valence electrons. The van der Waals surface area contributed by atoms with Crippen LogP contribution in [-0.4, -0.2) is 5.11 Å². The first-order valence-corrected chi connectivity index (χ1v) is 8.70. The molecule has 0 aliphatic rings. The Kier molecular flexibility index (Phi) is 4.27. The summed E-state index contributed by atoms with van der Waals surface area (Å²) in [6.45, 7) is 4.26. The molecule has 1 nitrogen and oxygen atoms in total. The third-order valence-corrected chi connectivity index (χ3v) is 6.03. The molecule has 0 fully saturated rings. The summed E-state index contributed by atoms with van der Waals surface area (Å²) in [5, 5.41) is 13.5. The molecule has 0 saturated carbocycles. The molecular formula is C20H19OP. The molecule has 0 unspecified atom stereocenters. The number of rotatable bonds is 3. The van der Waals surface area contributed by atoms with E-state index < -0.39 is 7.92 Å². The van der Waals surface area contributed by atoms with Gasteiger partial charge < -0.3 is 5.11 Å². The zero-order chi connectivity index (χ0) is 15.5. The average molecular weight is 306 g/mol. The summed E-state index contributed by atoms with van der Waals surface area (Å²) >= 11 is 0. The van der Waals surface area contributed by atoms with Crippen LogP contribution in [0.3, 0.4) is 0 Å². The molecule has 0 atom stereocenters. The summed E-state index contributed by atoms with van der Waals surface area (Å²) in [5.41, 5.74) is 2.55. The summed E-state index contributed by atoms with van der Waals surface area (Å²) < 4.78 is 0. The standard InChI is InChI=1S/C20H19OP/c1-15-5-3-7-19(13-15)22(18-11-9-17(21)10-12-18)20-8-4-6-16(2)14-20/h3-14,21H,1-2H3. The smallest absolute Gasteiger partial charge is 0.115 e. The second-order valence-corrected chi connectivity index (χ2v) is 7.75. The first-order valence-electron chi connectivity index (χ1n) is 7.36. The maximum Gasteiger partial charge on any atom is 0.115 e. The topological polar surface area (TPSA) is 20.2 Å². The van der Waals surface area contributed by atoms with E-state index in [0.29, 0.717) is 5.75 Å². The average Bonchev–Trinajstić information content (AvgIpc) is 2.50. The molecule has 0 amide bonds. The number of phenols is 1. The van der Waals surface area contributed by atoms with Crippen molar-refractivity contribution in [3.05, 3.63) is 83.9 Å². The van der Waals surface area contributed by atoms with Crippen LogP contribution in [0.4, 0.5) is 0 Å². The zero-order valence-corrected chi connectivity index (χ0v) is 13.7. The zero-order valence-electron chi connectivity index (χ0n) is 12.8. The number of hydrogen-bond donors (Lipinski definition) is 1. The van der Waals surface area contributed by atoms with Gasteiger partial charge in [0.2, 0.25) is 0 Å². The van der Waals surface area contributed by atoms with Crippen molar-refractivity contribution in [2.75, 3.05) is 0 Å². The van der Waals surface area contributed by atoms with Gasteiger partial charge in [-0.1, -0.05) is 71.8 Å². The second-order valence-electron chi connectivity index (χ2n) is 5.53. The van der Waals surface area contributed by atoms with Gasteiger partial charge in [-0.05, 0) is 49.8 Å². The van der Waals surface area contributed by atoms with Crippen LogP contribution in [0.2, 0.25) is 0 Å². The number of phenolic OH excluding ortho intramolecular Hbond substituents is 1. The monoisotopic (exact) mass is 306 g/mol. The fourth-order valence-electron chi connectivity index (χ4n) is 2.58. The molecular weight excluding hydrogens is 287 g/mol. The lowest BCUT2D eigenvalue weighted by molar-refractivity contribution is 0.475. The number of aryl methyl sites for hydroxylation is 2. The Hall–Kier alpha value is -2.11. The van der Waals surface area contributed by atoms with E-state index in [0.717, 1.165) is 0 Å². The minimum atomic E-state index is -0.602. The third kappa shape index (κ3) is 3.21. The normalized spacial score (nSPS) is 10.9. The number of aromatic hydroxyl groups is 1. The summed E-state index contributed by atoms with van der Waals surface area (Å²) in [7, 11) is -0.602. The Labute approximate surface area is 133 Å². The molecule has 0 saturated heterocycles. The first kappa shape index (κ1) is 14.8. The maximum atomic E-state index is 9.58. The van der Waals surface area contributed by atoms with Gasteiger partial charge >= 0.3 is 0 Å². The lowest BCUT2D eigenvalue weighted by Crippen LogP contribution is -2.20. The highest BCUT2D eigenvalue weighted by molar-refractivity contribution is 7.79. The van der Waals surface area contributed by atoms with E-state index in [1.807, 2.05) is 12.1 Å². The molecule has 0 aliphatic carbocycles. The second kappa shape index (κ2) is 6.34. The predicted octanol–water partition coefficient (Wildman–Crippen LogP) is 3.77. The van der Waals surface area contributed by atoms with Crippen molar-refractivity contribution in [2.24, 2.45) is 0 Å². The molecule has 0 aromatic heterocycles. The van der Waals surface area contributed by atoms with Gasteiger partial charge in [0.05, 0.1) is 0 Å². The van der Waals surface area contributed by atoms with Crippen molar-refractivity contribution in [1.82, 2.24) is 0 Å². The van der Waals surface area contributed by atoms with Gasteiger partial charge in [0.25, 0.3) is 0 Å². The Bertz CT molecular complexity index is 732. The molecule has 1 N–H and O–H groups in total. The lowest BCUT2D eigenvalue weighted by Gasteiger charge is -2.20. The number of benzene rings is 3. The van der Waals surface area contributed by atoms with Crippen LogP contribution in [0.15, 0.2) is 72.8 Å².